The molecule has 94 valence electrons. The zero-order chi connectivity index (χ0) is 12.7. The summed E-state index contributed by atoms with van der Waals surface area (Å²) >= 11 is 0. The van der Waals surface area contributed by atoms with E-state index in [-0.39, 0.29) is 0 Å². The van der Waals surface area contributed by atoms with Gasteiger partial charge >= 0.3 is 7.12 Å². The zero-order valence-corrected chi connectivity index (χ0v) is 10.8. The minimum atomic E-state index is -1.38. The standard InChI is InChI=1S/C13H22BNO2/c1-3-5-10-15(4-2)11-12-8-6-7-9-13(12)14(16)17/h6-9,16-17H,3-5,10-11H2,1-2H3. The van der Waals surface area contributed by atoms with Crippen molar-refractivity contribution >= 4 is 12.6 Å². The van der Waals surface area contributed by atoms with Crippen LogP contribution >= 0.6 is 0 Å². The van der Waals surface area contributed by atoms with Gasteiger partial charge in [0.15, 0.2) is 0 Å². The molecule has 3 nitrogen and oxygen atoms in total. The SMILES string of the molecule is CCCCN(CC)Cc1ccccc1B(O)O. The first kappa shape index (κ1) is 14.2. The number of hydrogen-bond acceptors (Lipinski definition) is 3. The first-order valence-electron chi connectivity index (χ1n) is 6.35. The molecule has 17 heavy (non-hydrogen) atoms. The summed E-state index contributed by atoms with van der Waals surface area (Å²) in [5, 5.41) is 18.6. The Bertz CT molecular complexity index is 331. The van der Waals surface area contributed by atoms with Crippen molar-refractivity contribution in [2.75, 3.05) is 13.1 Å². The van der Waals surface area contributed by atoms with Gasteiger partial charge in [-0.05, 0) is 30.5 Å². The Balaban J connectivity index is 2.71. The van der Waals surface area contributed by atoms with Crippen molar-refractivity contribution in [2.45, 2.75) is 33.2 Å². The molecule has 0 aliphatic heterocycles. The van der Waals surface area contributed by atoms with E-state index in [1.54, 1.807) is 6.07 Å². The first-order valence-corrected chi connectivity index (χ1v) is 6.35. The van der Waals surface area contributed by atoms with E-state index in [0.29, 0.717) is 5.46 Å². The molecular formula is C13H22BNO2. The van der Waals surface area contributed by atoms with Crippen LogP contribution in [0.1, 0.15) is 32.3 Å². The van der Waals surface area contributed by atoms with Gasteiger partial charge in [-0.2, -0.15) is 0 Å². The second-order valence-corrected chi connectivity index (χ2v) is 4.29. The molecule has 0 bridgehead atoms. The molecule has 1 aromatic rings. The van der Waals surface area contributed by atoms with E-state index in [0.717, 1.165) is 25.2 Å². The van der Waals surface area contributed by atoms with E-state index in [4.69, 9.17) is 0 Å². The number of hydrogen-bond donors (Lipinski definition) is 2. The van der Waals surface area contributed by atoms with Crippen LogP contribution in [0.4, 0.5) is 0 Å². The summed E-state index contributed by atoms with van der Waals surface area (Å²) in [6.45, 7) is 7.13. The number of unbranched alkanes of at least 4 members (excludes halogenated alkanes) is 1. The van der Waals surface area contributed by atoms with E-state index >= 15 is 0 Å². The molecule has 0 aliphatic carbocycles. The molecule has 1 aromatic carbocycles. The van der Waals surface area contributed by atoms with E-state index in [9.17, 15) is 10.0 Å². The van der Waals surface area contributed by atoms with Crippen LogP contribution in [-0.2, 0) is 6.54 Å². The smallest absolute Gasteiger partial charge is 0.423 e. The van der Waals surface area contributed by atoms with Crippen molar-refractivity contribution in [3.05, 3.63) is 29.8 Å². The third kappa shape index (κ3) is 4.50. The first-order chi connectivity index (χ1) is 8.19. The van der Waals surface area contributed by atoms with Crippen molar-refractivity contribution in [1.29, 1.82) is 0 Å². The minimum absolute atomic E-state index is 0.613. The predicted octanol–water partition coefficient (Wildman–Crippen LogP) is 0.988. The monoisotopic (exact) mass is 235 g/mol. The van der Waals surface area contributed by atoms with Crippen molar-refractivity contribution < 1.29 is 10.0 Å². The summed E-state index contributed by atoms with van der Waals surface area (Å²) in [5.74, 6) is 0. The van der Waals surface area contributed by atoms with Gasteiger partial charge in [-0.25, -0.2) is 0 Å². The molecule has 0 saturated heterocycles. The Morgan fingerprint density at radius 1 is 1.18 bits per heavy atom. The number of nitrogens with zero attached hydrogens (tertiary/aromatic N) is 1. The quantitative estimate of drug-likeness (QED) is 0.692. The topological polar surface area (TPSA) is 43.7 Å². The fourth-order valence-corrected chi connectivity index (χ4v) is 1.90. The van der Waals surface area contributed by atoms with Crippen LogP contribution in [-0.4, -0.2) is 35.2 Å². The predicted molar refractivity (Wildman–Crippen MR) is 72.1 cm³/mol. The minimum Gasteiger partial charge on any atom is -0.423 e. The third-order valence-corrected chi connectivity index (χ3v) is 3.00. The zero-order valence-electron chi connectivity index (χ0n) is 10.8. The molecular weight excluding hydrogens is 213 g/mol. The Morgan fingerprint density at radius 3 is 2.47 bits per heavy atom. The van der Waals surface area contributed by atoms with Crippen molar-refractivity contribution in [3.8, 4) is 0 Å². The molecule has 0 heterocycles. The highest BCUT2D eigenvalue weighted by Gasteiger charge is 2.16. The number of rotatable bonds is 7. The van der Waals surface area contributed by atoms with Crippen LogP contribution in [0.15, 0.2) is 24.3 Å². The third-order valence-electron chi connectivity index (χ3n) is 3.00. The molecule has 0 amide bonds. The van der Waals surface area contributed by atoms with Gasteiger partial charge in [-0.1, -0.05) is 44.5 Å². The van der Waals surface area contributed by atoms with E-state index in [1.807, 2.05) is 18.2 Å². The van der Waals surface area contributed by atoms with Gasteiger partial charge in [0.2, 0.25) is 0 Å². The number of benzene rings is 1. The lowest BCUT2D eigenvalue weighted by Gasteiger charge is -2.21. The van der Waals surface area contributed by atoms with Crippen LogP contribution in [0, 0.1) is 0 Å². The summed E-state index contributed by atoms with van der Waals surface area (Å²) < 4.78 is 0. The van der Waals surface area contributed by atoms with Crippen LogP contribution in [0.25, 0.3) is 0 Å². The maximum absolute atomic E-state index is 9.30. The summed E-state index contributed by atoms with van der Waals surface area (Å²) in [6.07, 6.45) is 2.36. The van der Waals surface area contributed by atoms with E-state index < -0.39 is 7.12 Å². The van der Waals surface area contributed by atoms with Gasteiger partial charge in [-0.15, -0.1) is 0 Å². The summed E-state index contributed by atoms with van der Waals surface area (Å²) in [5.41, 5.74) is 1.61. The molecule has 2 N–H and O–H groups in total. The molecule has 0 spiro atoms. The maximum atomic E-state index is 9.30. The Labute approximate surface area is 104 Å². The molecule has 0 fully saturated rings. The molecule has 0 aliphatic rings. The van der Waals surface area contributed by atoms with Crippen LogP contribution in [0.5, 0.6) is 0 Å². The summed E-state index contributed by atoms with van der Waals surface area (Å²) in [7, 11) is -1.38. The van der Waals surface area contributed by atoms with Gasteiger partial charge in [0, 0.05) is 6.54 Å². The van der Waals surface area contributed by atoms with Crippen LogP contribution in [0.2, 0.25) is 0 Å². The largest absolute Gasteiger partial charge is 0.488 e. The molecule has 1 rings (SSSR count). The van der Waals surface area contributed by atoms with Gasteiger partial charge in [0.25, 0.3) is 0 Å². The van der Waals surface area contributed by atoms with Crippen LogP contribution < -0.4 is 5.46 Å². The highest BCUT2D eigenvalue weighted by molar-refractivity contribution is 6.59. The molecule has 0 radical (unpaired) electrons. The Kier molecular flexibility index (Phi) is 6.26. The fraction of sp³-hybridized carbons (Fsp3) is 0.538. The fourth-order valence-electron chi connectivity index (χ4n) is 1.90. The van der Waals surface area contributed by atoms with Gasteiger partial charge < -0.3 is 10.0 Å². The highest BCUT2D eigenvalue weighted by Crippen LogP contribution is 2.04. The average Bonchev–Trinajstić information content (AvgIpc) is 2.34. The lowest BCUT2D eigenvalue weighted by Crippen LogP contribution is -2.36. The molecule has 0 saturated carbocycles. The van der Waals surface area contributed by atoms with E-state index in [2.05, 4.69) is 18.7 Å². The van der Waals surface area contributed by atoms with E-state index in [1.165, 1.54) is 12.8 Å². The van der Waals surface area contributed by atoms with Gasteiger partial charge in [0.1, 0.15) is 0 Å². The highest BCUT2D eigenvalue weighted by atomic mass is 16.4. The second-order valence-electron chi connectivity index (χ2n) is 4.29. The van der Waals surface area contributed by atoms with Gasteiger partial charge in [-0.3, -0.25) is 4.90 Å². The lowest BCUT2D eigenvalue weighted by molar-refractivity contribution is 0.275. The second kappa shape index (κ2) is 7.48. The summed E-state index contributed by atoms with van der Waals surface area (Å²) in [6, 6.07) is 7.51. The maximum Gasteiger partial charge on any atom is 0.488 e. The Hall–Kier alpha value is -0.835. The van der Waals surface area contributed by atoms with Crippen molar-refractivity contribution in [2.24, 2.45) is 0 Å². The average molecular weight is 235 g/mol. The lowest BCUT2D eigenvalue weighted by atomic mass is 9.77. The molecule has 0 aromatic heterocycles. The molecule has 4 heteroatoms. The normalized spacial score (nSPS) is 10.9. The van der Waals surface area contributed by atoms with Crippen molar-refractivity contribution in [1.82, 2.24) is 4.90 Å². The summed E-state index contributed by atoms with van der Waals surface area (Å²) in [4.78, 5) is 2.32. The molecule has 0 atom stereocenters. The molecule has 0 unspecified atom stereocenters. The Morgan fingerprint density at radius 2 is 1.88 bits per heavy atom. The van der Waals surface area contributed by atoms with Crippen LogP contribution in [0.3, 0.4) is 0 Å². The van der Waals surface area contributed by atoms with Gasteiger partial charge in [0.05, 0.1) is 0 Å². The van der Waals surface area contributed by atoms with Crippen molar-refractivity contribution in [3.63, 3.8) is 0 Å².